The zero-order valence-electron chi connectivity index (χ0n) is 13.0. The molecule has 0 aliphatic carbocycles. The quantitative estimate of drug-likeness (QED) is 0.893. The molecule has 0 amide bonds. The average molecular weight is 332 g/mol. The van der Waals surface area contributed by atoms with Gasteiger partial charge in [-0.1, -0.05) is 6.92 Å². The topological polar surface area (TPSA) is 58.6 Å². The van der Waals surface area contributed by atoms with E-state index in [1.54, 1.807) is 11.4 Å². The van der Waals surface area contributed by atoms with Crippen molar-refractivity contribution in [2.45, 2.75) is 37.8 Å². The number of sulfonamides is 1. The van der Waals surface area contributed by atoms with Crippen LogP contribution in [0, 0.1) is 12.8 Å². The molecule has 2 unspecified atom stereocenters. The molecule has 1 aliphatic rings. The van der Waals surface area contributed by atoms with Crippen LogP contribution in [-0.4, -0.2) is 46.1 Å². The number of rotatable bonds is 5. The summed E-state index contributed by atoms with van der Waals surface area (Å²) in [4.78, 5) is 1.36. The van der Waals surface area contributed by atoms with E-state index in [1.807, 2.05) is 19.4 Å². The molecule has 2 atom stereocenters. The van der Waals surface area contributed by atoms with E-state index in [-0.39, 0.29) is 6.10 Å². The summed E-state index contributed by atoms with van der Waals surface area (Å²) >= 11 is 1.50. The van der Waals surface area contributed by atoms with Crippen molar-refractivity contribution < 1.29 is 13.2 Å². The molecule has 2 heterocycles. The van der Waals surface area contributed by atoms with Crippen LogP contribution in [0.3, 0.4) is 0 Å². The van der Waals surface area contributed by atoms with Crippen LogP contribution in [0.4, 0.5) is 0 Å². The van der Waals surface area contributed by atoms with E-state index in [0.29, 0.717) is 30.4 Å². The third-order valence-electron chi connectivity index (χ3n) is 4.08. The van der Waals surface area contributed by atoms with Crippen LogP contribution < -0.4 is 5.32 Å². The Balaban J connectivity index is 2.32. The van der Waals surface area contributed by atoms with Crippen molar-refractivity contribution in [3.63, 3.8) is 0 Å². The van der Waals surface area contributed by atoms with Gasteiger partial charge in [-0.05, 0) is 37.3 Å². The van der Waals surface area contributed by atoms with Crippen molar-refractivity contribution in [3.05, 3.63) is 15.8 Å². The fraction of sp³-hybridized carbons (Fsp3) is 0.714. The number of hydrogen-bond acceptors (Lipinski definition) is 5. The van der Waals surface area contributed by atoms with Gasteiger partial charge in [0.05, 0.1) is 6.10 Å². The van der Waals surface area contributed by atoms with Crippen molar-refractivity contribution in [2.24, 2.45) is 5.92 Å². The Morgan fingerprint density at radius 2 is 2.24 bits per heavy atom. The van der Waals surface area contributed by atoms with Crippen LogP contribution in [0.1, 0.15) is 23.8 Å². The highest BCUT2D eigenvalue weighted by Gasteiger charge is 2.36. The van der Waals surface area contributed by atoms with Crippen LogP contribution in [0.15, 0.2) is 10.3 Å². The standard InChI is InChI=1S/C14H24N2O3S2/c1-10-5-6-16(8-12(10)19-4)21(17,18)14-11(2)9-20-13(14)7-15-3/h9-10,12,15H,5-8H2,1-4H3. The molecular weight excluding hydrogens is 308 g/mol. The van der Waals surface area contributed by atoms with Gasteiger partial charge in [0.1, 0.15) is 4.90 Å². The molecule has 120 valence electrons. The number of nitrogens with zero attached hydrogens (tertiary/aromatic N) is 1. The molecule has 1 aromatic heterocycles. The molecule has 1 saturated heterocycles. The first kappa shape index (κ1) is 16.9. The van der Waals surface area contributed by atoms with E-state index >= 15 is 0 Å². The number of nitrogens with one attached hydrogen (secondary N) is 1. The lowest BCUT2D eigenvalue weighted by Gasteiger charge is -2.35. The van der Waals surface area contributed by atoms with Gasteiger partial charge in [0, 0.05) is 31.6 Å². The second kappa shape index (κ2) is 6.75. The van der Waals surface area contributed by atoms with Gasteiger partial charge >= 0.3 is 0 Å². The Labute approximate surface area is 131 Å². The average Bonchev–Trinajstić information content (AvgIpc) is 2.81. The Morgan fingerprint density at radius 3 is 2.86 bits per heavy atom. The fourth-order valence-corrected chi connectivity index (χ4v) is 6.02. The predicted octanol–water partition coefficient (Wildman–Crippen LogP) is 1.82. The highest BCUT2D eigenvalue weighted by atomic mass is 32.2. The summed E-state index contributed by atoms with van der Waals surface area (Å²) in [6.45, 7) is 5.56. The highest BCUT2D eigenvalue weighted by Crippen LogP contribution is 2.32. The lowest BCUT2D eigenvalue weighted by Crippen LogP contribution is -2.46. The van der Waals surface area contributed by atoms with Crippen molar-refractivity contribution in [1.29, 1.82) is 0 Å². The van der Waals surface area contributed by atoms with Crippen LogP contribution in [-0.2, 0) is 21.3 Å². The summed E-state index contributed by atoms with van der Waals surface area (Å²) in [6.07, 6.45) is 0.808. The molecule has 2 rings (SSSR count). The lowest BCUT2D eigenvalue weighted by atomic mass is 9.97. The molecule has 1 aromatic rings. The summed E-state index contributed by atoms with van der Waals surface area (Å²) in [7, 11) is 0.0358. The minimum atomic E-state index is -3.44. The fourth-order valence-electron chi connectivity index (χ4n) is 2.78. The van der Waals surface area contributed by atoms with Crippen molar-refractivity contribution in [1.82, 2.24) is 9.62 Å². The predicted molar refractivity (Wildman–Crippen MR) is 85.2 cm³/mol. The Bertz CT molecular complexity index is 583. The molecule has 1 fully saturated rings. The van der Waals surface area contributed by atoms with Gasteiger partial charge in [-0.2, -0.15) is 4.31 Å². The first-order valence-electron chi connectivity index (χ1n) is 7.16. The number of thiophene rings is 1. The van der Waals surface area contributed by atoms with E-state index < -0.39 is 10.0 Å². The minimum absolute atomic E-state index is 0.0276. The molecule has 0 aromatic carbocycles. The maximum atomic E-state index is 13.0. The maximum absolute atomic E-state index is 13.0. The zero-order chi connectivity index (χ0) is 15.6. The number of methoxy groups -OCH3 is 1. The van der Waals surface area contributed by atoms with Gasteiger partial charge in [0.15, 0.2) is 0 Å². The van der Waals surface area contributed by atoms with Crippen molar-refractivity contribution in [2.75, 3.05) is 27.2 Å². The molecule has 21 heavy (non-hydrogen) atoms. The maximum Gasteiger partial charge on any atom is 0.244 e. The Hall–Kier alpha value is -0.470. The molecule has 0 radical (unpaired) electrons. The first-order valence-corrected chi connectivity index (χ1v) is 9.48. The van der Waals surface area contributed by atoms with Crippen molar-refractivity contribution in [3.8, 4) is 0 Å². The van der Waals surface area contributed by atoms with Crippen LogP contribution in [0.5, 0.6) is 0 Å². The van der Waals surface area contributed by atoms with Crippen LogP contribution in [0.25, 0.3) is 0 Å². The van der Waals surface area contributed by atoms with Gasteiger partial charge in [0.25, 0.3) is 0 Å². The number of aryl methyl sites for hydroxylation is 1. The van der Waals surface area contributed by atoms with E-state index in [0.717, 1.165) is 16.9 Å². The van der Waals surface area contributed by atoms with Crippen LogP contribution >= 0.6 is 11.3 Å². The largest absolute Gasteiger partial charge is 0.380 e. The van der Waals surface area contributed by atoms with E-state index in [1.165, 1.54) is 11.3 Å². The Morgan fingerprint density at radius 1 is 1.52 bits per heavy atom. The van der Waals surface area contributed by atoms with Gasteiger partial charge in [-0.3, -0.25) is 0 Å². The molecule has 0 spiro atoms. The smallest absolute Gasteiger partial charge is 0.244 e. The summed E-state index contributed by atoms with van der Waals surface area (Å²) in [6, 6.07) is 0. The SMILES string of the molecule is CNCc1scc(C)c1S(=O)(=O)N1CCC(C)C(OC)C1. The number of hydrogen-bond donors (Lipinski definition) is 1. The third-order valence-corrected chi connectivity index (χ3v) is 7.41. The summed E-state index contributed by atoms with van der Waals surface area (Å²) in [5.41, 5.74) is 0.831. The number of ether oxygens (including phenoxy) is 1. The number of piperidine rings is 1. The summed E-state index contributed by atoms with van der Waals surface area (Å²) in [5.74, 6) is 0.391. The second-order valence-electron chi connectivity index (χ2n) is 5.60. The minimum Gasteiger partial charge on any atom is -0.380 e. The second-order valence-corrected chi connectivity index (χ2v) is 8.44. The molecule has 0 saturated carbocycles. The summed E-state index contributed by atoms with van der Waals surface area (Å²) in [5, 5.41) is 4.96. The van der Waals surface area contributed by atoms with Gasteiger partial charge in [0.2, 0.25) is 10.0 Å². The van der Waals surface area contributed by atoms with Crippen molar-refractivity contribution >= 4 is 21.4 Å². The van der Waals surface area contributed by atoms with Gasteiger partial charge in [-0.15, -0.1) is 11.3 Å². The molecular formula is C14H24N2O3S2. The van der Waals surface area contributed by atoms with Crippen LogP contribution in [0.2, 0.25) is 0 Å². The molecule has 1 aliphatic heterocycles. The monoisotopic (exact) mass is 332 g/mol. The highest BCUT2D eigenvalue weighted by molar-refractivity contribution is 7.89. The normalized spacial score (nSPS) is 24.4. The van der Waals surface area contributed by atoms with E-state index in [2.05, 4.69) is 12.2 Å². The molecule has 0 bridgehead atoms. The molecule has 1 N–H and O–H groups in total. The third kappa shape index (κ3) is 3.32. The zero-order valence-corrected chi connectivity index (χ0v) is 14.7. The Kier molecular flexibility index (Phi) is 5.43. The first-order chi connectivity index (χ1) is 9.91. The van der Waals surface area contributed by atoms with E-state index in [9.17, 15) is 8.42 Å². The van der Waals surface area contributed by atoms with Gasteiger partial charge < -0.3 is 10.1 Å². The van der Waals surface area contributed by atoms with Gasteiger partial charge in [-0.25, -0.2) is 8.42 Å². The lowest BCUT2D eigenvalue weighted by molar-refractivity contribution is 0.0183. The molecule has 7 heteroatoms. The summed E-state index contributed by atoms with van der Waals surface area (Å²) < 4.78 is 33.0. The molecule has 5 nitrogen and oxygen atoms in total. The van der Waals surface area contributed by atoms with E-state index in [4.69, 9.17) is 4.74 Å².